The van der Waals surface area contributed by atoms with E-state index in [1.807, 2.05) is 13.1 Å². The number of aliphatic imine (C=N–C) groups is 1. The predicted octanol–water partition coefficient (Wildman–Crippen LogP) is 3.46. The number of fused-ring (bicyclic) bond motifs is 1. The van der Waals surface area contributed by atoms with Crippen LogP contribution in [-0.2, 0) is 6.42 Å². The Balaban J connectivity index is 0.00000363. The maximum absolute atomic E-state index is 13.3. The number of guanidine groups is 1. The molecule has 0 bridgehead atoms. The zero-order valence-corrected chi connectivity index (χ0v) is 20.5. The summed E-state index contributed by atoms with van der Waals surface area (Å²) in [6.45, 7) is 4.31. The van der Waals surface area contributed by atoms with Crippen molar-refractivity contribution in [1.82, 2.24) is 20.9 Å². The highest BCUT2D eigenvalue weighted by Gasteiger charge is 2.06. The molecule has 0 atom stereocenters. The molecule has 0 saturated carbocycles. The molecule has 2 aromatic carbocycles. The minimum Gasteiger partial charge on any atom is -0.497 e. The predicted molar refractivity (Wildman–Crippen MR) is 137 cm³/mol. The van der Waals surface area contributed by atoms with Crippen molar-refractivity contribution in [3.63, 3.8) is 0 Å². The molecule has 0 aliphatic carbocycles. The fourth-order valence-corrected chi connectivity index (χ4v) is 3.20. The number of benzene rings is 2. The molecular formula is C23H29FIN5O2. The molecule has 1 aromatic heterocycles. The van der Waals surface area contributed by atoms with Gasteiger partial charge in [-0.25, -0.2) is 4.39 Å². The summed E-state index contributed by atoms with van der Waals surface area (Å²) in [5, 5.41) is 10.3. The van der Waals surface area contributed by atoms with Crippen molar-refractivity contribution in [2.45, 2.75) is 13.3 Å². The number of hydrogen-bond donors (Lipinski definition) is 4. The van der Waals surface area contributed by atoms with Crippen LogP contribution in [0.2, 0.25) is 0 Å². The molecule has 0 saturated heterocycles. The van der Waals surface area contributed by atoms with E-state index in [0.717, 1.165) is 29.4 Å². The van der Waals surface area contributed by atoms with Crippen molar-refractivity contribution in [2.24, 2.45) is 4.99 Å². The lowest BCUT2D eigenvalue weighted by molar-refractivity contribution is 0.0954. The van der Waals surface area contributed by atoms with Crippen LogP contribution in [0.15, 0.2) is 53.7 Å². The van der Waals surface area contributed by atoms with Gasteiger partial charge in [-0.2, -0.15) is 0 Å². The number of H-pyrrole nitrogens is 1. The number of hydrogen-bond acceptors (Lipinski definition) is 3. The smallest absolute Gasteiger partial charge is 0.251 e. The molecule has 3 rings (SSSR count). The summed E-state index contributed by atoms with van der Waals surface area (Å²) in [5.74, 6) is 1.01. The lowest BCUT2D eigenvalue weighted by atomic mass is 10.1. The first-order chi connectivity index (χ1) is 15.1. The molecule has 1 heterocycles. The van der Waals surface area contributed by atoms with Crippen LogP contribution in [-0.4, -0.2) is 50.1 Å². The van der Waals surface area contributed by atoms with Gasteiger partial charge in [-0.15, -0.1) is 24.0 Å². The summed E-state index contributed by atoms with van der Waals surface area (Å²) < 4.78 is 18.4. The fourth-order valence-electron chi connectivity index (χ4n) is 3.20. The number of ether oxygens (including phenoxy) is 1. The van der Waals surface area contributed by atoms with Crippen LogP contribution >= 0.6 is 24.0 Å². The molecule has 4 N–H and O–H groups in total. The van der Waals surface area contributed by atoms with Crippen molar-refractivity contribution >= 4 is 46.7 Å². The Morgan fingerprint density at radius 1 is 1.09 bits per heavy atom. The van der Waals surface area contributed by atoms with Gasteiger partial charge in [0.15, 0.2) is 5.96 Å². The molecule has 0 aliphatic rings. The van der Waals surface area contributed by atoms with E-state index >= 15 is 0 Å². The lowest BCUT2D eigenvalue weighted by Crippen LogP contribution is -2.41. The van der Waals surface area contributed by atoms with Gasteiger partial charge in [0.05, 0.1) is 7.11 Å². The summed E-state index contributed by atoms with van der Waals surface area (Å²) in [7, 11) is 1.59. The zero-order chi connectivity index (χ0) is 22.1. The number of carbonyl (C=O) groups is 1. The number of nitrogens with zero attached hydrogens (tertiary/aromatic N) is 1. The Morgan fingerprint density at radius 3 is 2.56 bits per heavy atom. The number of aromatic amines is 1. The van der Waals surface area contributed by atoms with Crippen LogP contribution in [0.3, 0.4) is 0 Å². The van der Waals surface area contributed by atoms with Crippen LogP contribution in [0, 0.1) is 5.82 Å². The Morgan fingerprint density at radius 2 is 1.84 bits per heavy atom. The minimum atomic E-state index is -0.253. The normalized spacial score (nSPS) is 11.0. The first kappa shape index (κ1) is 25.4. The number of amides is 1. The van der Waals surface area contributed by atoms with E-state index < -0.39 is 0 Å². The third-order valence-electron chi connectivity index (χ3n) is 4.78. The highest BCUT2D eigenvalue weighted by atomic mass is 127. The quantitative estimate of drug-likeness (QED) is 0.142. The Labute approximate surface area is 204 Å². The summed E-state index contributed by atoms with van der Waals surface area (Å²) >= 11 is 0. The van der Waals surface area contributed by atoms with Gasteiger partial charge in [-0.3, -0.25) is 9.79 Å². The maximum Gasteiger partial charge on any atom is 0.251 e. The molecule has 0 unspecified atom stereocenters. The van der Waals surface area contributed by atoms with E-state index in [1.54, 1.807) is 37.4 Å². The van der Waals surface area contributed by atoms with E-state index in [9.17, 15) is 9.18 Å². The van der Waals surface area contributed by atoms with Crippen LogP contribution in [0.5, 0.6) is 5.75 Å². The second-order valence-electron chi connectivity index (χ2n) is 6.93. The first-order valence-corrected chi connectivity index (χ1v) is 10.3. The second-order valence-corrected chi connectivity index (χ2v) is 6.93. The number of aromatic nitrogens is 1. The van der Waals surface area contributed by atoms with Gasteiger partial charge in [-0.1, -0.05) is 0 Å². The van der Waals surface area contributed by atoms with Crippen LogP contribution in [0.1, 0.15) is 22.8 Å². The van der Waals surface area contributed by atoms with Crippen molar-refractivity contribution < 1.29 is 13.9 Å². The fraction of sp³-hybridized carbons (Fsp3) is 0.304. The van der Waals surface area contributed by atoms with E-state index in [2.05, 4.69) is 25.9 Å². The molecule has 1 amide bonds. The lowest BCUT2D eigenvalue weighted by Gasteiger charge is -2.12. The number of methoxy groups -OCH3 is 1. The molecule has 3 aromatic rings. The number of halogens is 2. The molecule has 172 valence electrons. The maximum atomic E-state index is 13.3. The second kappa shape index (κ2) is 12.9. The molecule has 0 fully saturated rings. The molecule has 0 aliphatic heterocycles. The van der Waals surface area contributed by atoms with Crippen LogP contribution < -0.4 is 20.7 Å². The molecule has 32 heavy (non-hydrogen) atoms. The standard InChI is InChI=1S/C23H28FN5O2.HI/c1-3-25-23(27-11-10-17-15-29-21-14-18(24)6-9-20(17)21)28-13-12-26-22(30)16-4-7-19(31-2)8-5-16;/h4-9,14-15,29H,3,10-13H2,1-2H3,(H,26,30)(H2,25,27,28);1H. The van der Waals surface area contributed by atoms with E-state index in [4.69, 9.17) is 4.74 Å². The highest BCUT2D eigenvalue weighted by Crippen LogP contribution is 2.19. The summed E-state index contributed by atoms with van der Waals surface area (Å²) in [5.41, 5.74) is 2.47. The average Bonchev–Trinajstić information content (AvgIpc) is 3.18. The van der Waals surface area contributed by atoms with E-state index in [0.29, 0.717) is 36.9 Å². The molecule has 7 nitrogen and oxygen atoms in total. The van der Waals surface area contributed by atoms with Crippen molar-refractivity contribution in [2.75, 3.05) is 33.3 Å². The van der Waals surface area contributed by atoms with Gasteiger partial charge in [-0.05, 0) is 61.4 Å². The summed E-state index contributed by atoms with van der Waals surface area (Å²) in [6.07, 6.45) is 2.63. The van der Waals surface area contributed by atoms with E-state index in [1.165, 1.54) is 12.1 Å². The zero-order valence-electron chi connectivity index (χ0n) is 18.2. The molecule has 0 radical (unpaired) electrons. The van der Waals surface area contributed by atoms with E-state index in [-0.39, 0.29) is 35.7 Å². The van der Waals surface area contributed by atoms with Gasteiger partial charge in [0.1, 0.15) is 11.6 Å². The van der Waals surface area contributed by atoms with Crippen LogP contribution in [0.4, 0.5) is 4.39 Å². The van der Waals surface area contributed by atoms with Crippen molar-refractivity contribution in [3.05, 3.63) is 65.6 Å². The summed E-state index contributed by atoms with van der Waals surface area (Å²) in [6, 6.07) is 11.7. The third-order valence-corrected chi connectivity index (χ3v) is 4.78. The van der Waals surface area contributed by atoms with Gasteiger partial charge in [0.25, 0.3) is 5.91 Å². The monoisotopic (exact) mass is 553 g/mol. The minimum absolute atomic E-state index is 0. The molecule has 0 spiro atoms. The molecule has 9 heteroatoms. The molecular weight excluding hydrogens is 524 g/mol. The van der Waals surface area contributed by atoms with Gasteiger partial charge in [0, 0.05) is 48.8 Å². The van der Waals surface area contributed by atoms with Crippen molar-refractivity contribution in [3.8, 4) is 5.75 Å². The van der Waals surface area contributed by atoms with Gasteiger partial charge in [0.2, 0.25) is 0 Å². The largest absolute Gasteiger partial charge is 0.497 e. The number of carbonyl (C=O) groups excluding carboxylic acids is 1. The number of nitrogens with one attached hydrogen (secondary N) is 4. The van der Waals surface area contributed by atoms with Gasteiger partial charge < -0.3 is 25.7 Å². The average molecular weight is 553 g/mol. The van der Waals surface area contributed by atoms with Gasteiger partial charge >= 0.3 is 0 Å². The number of rotatable bonds is 9. The topological polar surface area (TPSA) is 90.5 Å². The Bertz CT molecular complexity index is 1040. The van der Waals surface area contributed by atoms with Crippen LogP contribution in [0.25, 0.3) is 10.9 Å². The summed E-state index contributed by atoms with van der Waals surface area (Å²) in [4.78, 5) is 19.9. The Hall–Kier alpha value is -2.82. The SMILES string of the molecule is CCNC(=NCCc1c[nH]c2cc(F)ccc12)NCCNC(=O)c1ccc(OC)cc1.I. The van der Waals surface area contributed by atoms with Crippen molar-refractivity contribution in [1.29, 1.82) is 0 Å². The first-order valence-electron chi connectivity index (χ1n) is 10.3. The third kappa shape index (κ3) is 7.11. The highest BCUT2D eigenvalue weighted by molar-refractivity contribution is 14.0. The Kier molecular flexibility index (Phi) is 10.3.